The van der Waals surface area contributed by atoms with Crippen molar-refractivity contribution in [3.05, 3.63) is 53.5 Å². The molecule has 1 fully saturated rings. The Morgan fingerprint density at radius 3 is 2.57 bits per heavy atom. The monoisotopic (exact) mass is 314 g/mol. The number of carbonyl (C=O) groups excluding carboxylic acids is 1. The van der Waals surface area contributed by atoms with Gasteiger partial charge in [0.15, 0.2) is 0 Å². The van der Waals surface area contributed by atoms with Crippen LogP contribution < -0.4 is 10.2 Å². The number of hydrogen-bond acceptors (Lipinski definition) is 4. The minimum atomic E-state index is -0.0771. The van der Waals surface area contributed by atoms with E-state index in [2.05, 4.69) is 24.4 Å². The SMILES string of the molecule is CC(NCc1ccc(CO)o1)c1ccc(N2CCCC2=O)cc1. The number of nitrogens with one attached hydrogen (secondary N) is 1. The molecule has 1 aromatic carbocycles. The van der Waals surface area contributed by atoms with Crippen LogP contribution in [0, 0.1) is 0 Å². The summed E-state index contributed by atoms with van der Waals surface area (Å²) in [7, 11) is 0. The Morgan fingerprint density at radius 1 is 1.22 bits per heavy atom. The Hall–Kier alpha value is -2.11. The average molecular weight is 314 g/mol. The van der Waals surface area contributed by atoms with Crippen LogP contribution in [-0.2, 0) is 17.9 Å². The Balaban J connectivity index is 1.58. The summed E-state index contributed by atoms with van der Waals surface area (Å²) in [6.45, 7) is 3.43. The smallest absolute Gasteiger partial charge is 0.227 e. The van der Waals surface area contributed by atoms with E-state index < -0.39 is 0 Å². The molecule has 0 spiro atoms. The molecule has 0 bridgehead atoms. The summed E-state index contributed by atoms with van der Waals surface area (Å²) in [6, 6.07) is 11.9. The molecule has 1 unspecified atom stereocenters. The van der Waals surface area contributed by atoms with E-state index in [1.807, 2.05) is 23.1 Å². The zero-order valence-corrected chi connectivity index (χ0v) is 13.3. The summed E-state index contributed by atoms with van der Waals surface area (Å²) in [5.74, 6) is 1.59. The van der Waals surface area contributed by atoms with Gasteiger partial charge in [0.1, 0.15) is 18.1 Å². The molecular weight excluding hydrogens is 292 g/mol. The van der Waals surface area contributed by atoms with Crippen LogP contribution in [-0.4, -0.2) is 17.6 Å². The lowest BCUT2D eigenvalue weighted by molar-refractivity contribution is -0.117. The third-order valence-electron chi connectivity index (χ3n) is 4.23. The molecule has 0 saturated carbocycles. The summed E-state index contributed by atoms with van der Waals surface area (Å²) < 4.78 is 5.46. The quantitative estimate of drug-likeness (QED) is 0.860. The topological polar surface area (TPSA) is 65.7 Å². The standard InChI is InChI=1S/C18H22N2O3/c1-13(19-11-16-8-9-17(12-21)23-16)14-4-6-15(7-5-14)20-10-2-3-18(20)22/h4-9,13,19,21H,2-3,10-12H2,1H3. The van der Waals surface area contributed by atoms with Crippen LogP contribution in [0.5, 0.6) is 0 Å². The Kier molecular flexibility index (Phi) is 4.79. The number of nitrogens with zero attached hydrogens (tertiary/aromatic N) is 1. The van der Waals surface area contributed by atoms with Crippen molar-refractivity contribution in [3.63, 3.8) is 0 Å². The lowest BCUT2D eigenvalue weighted by atomic mass is 10.1. The van der Waals surface area contributed by atoms with Crippen LogP contribution in [0.15, 0.2) is 40.8 Å². The summed E-state index contributed by atoms with van der Waals surface area (Å²) in [4.78, 5) is 13.6. The van der Waals surface area contributed by atoms with Crippen LogP contribution in [0.3, 0.4) is 0 Å². The van der Waals surface area contributed by atoms with E-state index in [0.717, 1.165) is 30.0 Å². The largest absolute Gasteiger partial charge is 0.462 e. The van der Waals surface area contributed by atoms with E-state index in [-0.39, 0.29) is 18.6 Å². The van der Waals surface area contributed by atoms with Crippen molar-refractivity contribution in [3.8, 4) is 0 Å². The summed E-state index contributed by atoms with van der Waals surface area (Å²) in [5, 5.41) is 12.4. The van der Waals surface area contributed by atoms with Crippen molar-refractivity contribution in [2.75, 3.05) is 11.4 Å². The van der Waals surface area contributed by atoms with Crippen molar-refractivity contribution in [2.24, 2.45) is 0 Å². The molecule has 2 aromatic rings. The number of hydrogen-bond donors (Lipinski definition) is 2. The van der Waals surface area contributed by atoms with E-state index in [1.54, 1.807) is 6.07 Å². The van der Waals surface area contributed by atoms with Gasteiger partial charge >= 0.3 is 0 Å². The van der Waals surface area contributed by atoms with Crippen molar-refractivity contribution in [1.82, 2.24) is 5.32 Å². The van der Waals surface area contributed by atoms with E-state index in [9.17, 15) is 4.79 Å². The molecule has 1 amide bonds. The molecule has 1 aromatic heterocycles. The van der Waals surface area contributed by atoms with Crippen molar-refractivity contribution in [2.45, 2.75) is 39.0 Å². The fourth-order valence-corrected chi connectivity index (χ4v) is 2.84. The van der Waals surface area contributed by atoms with Crippen LogP contribution in [0.2, 0.25) is 0 Å². The molecule has 1 aliphatic rings. The average Bonchev–Trinajstić information content (AvgIpc) is 3.21. The summed E-state index contributed by atoms with van der Waals surface area (Å²) in [5.41, 5.74) is 2.14. The number of carbonyl (C=O) groups is 1. The number of aliphatic hydroxyl groups is 1. The molecule has 1 atom stereocenters. The van der Waals surface area contributed by atoms with Crippen LogP contribution in [0.25, 0.3) is 0 Å². The van der Waals surface area contributed by atoms with Crippen LogP contribution in [0.1, 0.15) is 42.9 Å². The molecule has 2 N–H and O–H groups in total. The molecule has 23 heavy (non-hydrogen) atoms. The van der Waals surface area contributed by atoms with Gasteiger partial charge in [-0.25, -0.2) is 0 Å². The summed E-state index contributed by atoms with van der Waals surface area (Å²) in [6.07, 6.45) is 1.59. The number of amides is 1. The van der Waals surface area contributed by atoms with Gasteiger partial charge in [-0.3, -0.25) is 4.79 Å². The van der Waals surface area contributed by atoms with E-state index >= 15 is 0 Å². The second-order valence-electron chi connectivity index (χ2n) is 5.87. The normalized spacial score (nSPS) is 16.1. The first kappa shape index (κ1) is 15.8. The Morgan fingerprint density at radius 2 is 1.96 bits per heavy atom. The minimum Gasteiger partial charge on any atom is -0.462 e. The maximum atomic E-state index is 11.8. The van der Waals surface area contributed by atoms with Gasteiger partial charge in [-0.1, -0.05) is 12.1 Å². The first-order valence-corrected chi connectivity index (χ1v) is 7.99. The lowest BCUT2D eigenvalue weighted by Crippen LogP contribution is -2.23. The molecule has 5 nitrogen and oxygen atoms in total. The fourth-order valence-electron chi connectivity index (χ4n) is 2.84. The maximum absolute atomic E-state index is 11.8. The van der Waals surface area contributed by atoms with Crippen molar-refractivity contribution < 1.29 is 14.3 Å². The fraction of sp³-hybridized carbons (Fsp3) is 0.389. The van der Waals surface area contributed by atoms with Gasteiger partial charge in [0, 0.05) is 24.7 Å². The van der Waals surface area contributed by atoms with Gasteiger partial charge in [-0.15, -0.1) is 0 Å². The van der Waals surface area contributed by atoms with Gasteiger partial charge in [0.05, 0.1) is 6.54 Å². The summed E-state index contributed by atoms with van der Waals surface area (Å²) >= 11 is 0. The molecule has 0 aliphatic carbocycles. The number of anilines is 1. The van der Waals surface area contributed by atoms with Gasteiger partial charge in [0.2, 0.25) is 5.91 Å². The highest BCUT2D eigenvalue weighted by Crippen LogP contribution is 2.23. The Bertz CT molecular complexity index is 663. The third-order valence-corrected chi connectivity index (χ3v) is 4.23. The minimum absolute atomic E-state index is 0.0771. The first-order valence-electron chi connectivity index (χ1n) is 7.99. The number of benzene rings is 1. The number of aliphatic hydroxyl groups excluding tert-OH is 1. The highest BCUT2D eigenvalue weighted by atomic mass is 16.4. The van der Waals surface area contributed by atoms with Gasteiger partial charge < -0.3 is 19.7 Å². The zero-order chi connectivity index (χ0) is 16.2. The highest BCUT2D eigenvalue weighted by Gasteiger charge is 2.21. The van der Waals surface area contributed by atoms with E-state index in [0.29, 0.717) is 18.7 Å². The number of rotatable bonds is 6. The Labute approximate surface area is 135 Å². The third kappa shape index (κ3) is 3.63. The second-order valence-corrected chi connectivity index (χ2v) is 5.87. The van der Waals surface area contributed by atoms with Gasteiger partial charge in [0.25, 0.3) is 0 Å². The molecule has 3 rings (SSSR count). The maximum Gasteiger partial charge on any atom is 0.227 e. The molecule has 1 aliphatic heterocycles. The van der Waals surface area contributed by atoms with Crippen LogP contribution >= 0.6 is 0 Å². The molecule has 1 saturated heterocycles. The first-order chi connectivity index (χ1) is 11.2. The van der Waals surface area contributed by atoms with Crippen molar-refractivity contribution >= 4 is 11.6 Å². The lowest BCUT2D eigenvalue weighted by Gasteiger charge is -2.18. The predicted octanol–water partition coefficient (Wildman–Crippen LogP) is 2.75. The second kappa shape index (κ2) is 6.98. The van der Waals surface area contributed by atoms with Gasteiger partial charge in [-0.05, 0) is 43.2 Å². The molecule has 5 heteroatoms. The zero-order valence-electron chi connectivity index (χ0n) is 13.3. The van der Waals surface area contributed by atoms with Crippen LogP contribution in [0.4, 0.5) is 5.69 Å². The molecular formula is C18H22N2O3. The highest BCUT2D eigenvalue weighted by molar-refractivity contribution is 5.95. The predicted molar refractivity (Wildman–Crippen MR) is 87.9 cm³/mol. The van der Waals surface area contributed by atoms with Gasteiger partial charge in [-0.2, -0.15) is 0 Å². The van der Waals surface area contributed by atoms with E-state index in [4.69, 9.17) is 9.52 Å². The molecule has 122 valence electrons. The molecule has 0 radical (unpaired) electrons. The van der Waals surface area contributed by atoms with Crippen molar-refractivity contribution in [1.29, 1.82) is 0 Å². The van der Waals surface area contributed by atoms with E-state index in [1.165, 1.54) is 0 Å². The molecule has 2 heterocycles. The number of furan rings is 1.